The Morgan fingerprint density at radius 2 is 1.21 bits per heavy atom. The molecule has 120 valence electrons. The fraction of sp³-hybridized carbons (Fsp3) is 0. The molecule has 3 aromatic rings. The molecule has 5 nitrogen and oxygen atoms in total. The lowest BCUT2D eigenvalue weighted by molar-refractivity contribution is 0.100. The third-order valence-corrected chi connectivity index (χ3v) is 3.78. The maximum Gasteiger partial charge on any atom is 0.249 e. The van der Waals surface area contributed by atoms with Gasteiger partial charge in [0.15, 0.2) is 0 Å². The van der Waals surface area contributed by atoms with Crippen molar-refractivity contribution in [1.29, 1.82) is 0 Å². The SMILES string of the molecule is NC(=O)c1ccc(-c2ccc(O)cc2)c(O)c1-c1ccc(O)cc1. The Bertz CT molecular complexity index is 900. The third-order valence-electron chi connectivity index (χ3n) is 3.78. The van der Waals surface area contributed by atoms with E-state index in [0.29, 0.717) is 22.3 Å². The highest BCUT2D eigenvalue weighted by molar-refractivity contribution is 6.03. The molecular formula is C19H15NO4. The maximum atomic E-state index is 11.7. The average Bonchev–Trinajstić information content (AvgIpc) is 2.56. The molecule has 24 heavy (non-hydrogen) atoms. The normalized spacial score (nSPS) is 10.5. The van der Waals surface area contributed by atoms with E-state index in [0.717, 1.165) is 0 Å². The topological polar surface area (TPSA) is 104 Å². The molecule has 0 radical (unpaired) electrons. The number of carbonyl (C=O) groups is 1. The molecule has 0 aromatic heterocycles. The summed E-state index contributed by atoms with van der Waals surface area (Å²) in [5.41, 5.74) is 7.65. The van der Waals surface area contributed by atoms with Gasteiger partial charge in [0.2, 0.25) is 5.91 Å². The number of nitrogens with two attached hydrogens (primary N) is 1. The van der Waals surface area contributed by atoms with Crippen molar-refractivity contribution in [2.24, 2.45) is 5.73 Å². The summed E-state index contributed by atoms with van der Waals surface area (Å²) < 4.78 is 0. The standard InChI is InChI=1S/C19H15NO4/c20-19(24)16-10-9-15(11-1-5-13(21)6-2-11)18(23)17(16)12-3-7-14(22)8-4-12/h1-10,21-23H,(H2,20,24). The highest BCUT2D eigenvalue weighted by Crippen LogP contribution is 2.41. The first kappa shape index (κ1) is 15.4. The zero-order chi connectivity index (χ0) is 17.3. The first-order chi connectivity index (χ1) is 11.5. The predicted molar refractivity (Wildman–Crippen MR) is 90.8 cm³/mol. The molecule has 5 N–H and O–H groups in total. The largest absolute Gasteiger partial charge is 0.508 e. The van der Waals surface area contributed by atoms with Gasteiger partial charge in [-0.2, -0.15) is 0 Å². The summed E-state index contributed by atoms with van der Waals surface area (Å²) in [5.74, 6) is -0.562. The lowest BCUT2D eigenvalue weighted by atomic mass is 9.92. The van der Waals surface area contributed by atoms with E-state index >= 15 is 0 Å². The fourth-order valence-corrected chi connectivity index (χ4v) is 2.59. The molecule has 0 bridgehead atoms. The second kappa shape index (κ2) is 5.96. The van der Waals surface area contributed by atoms with Crippen LogP contribution in [0.5, 0.6) is 17.2 Å². The predicted octanol–water partition coefficient (Wildman–Crippen LogP) is 3.24. The van der Waals surface area contributed by atoms with Gasteiger partial charge in [-0.05, 0) is 47.5 Å². The molecule has 0 spiro atoms. The number of amides is 1. The van der Waals surface area contributed by atoms with Crippen molar-refractivity contribution < 1.29 is 20.1 Å². The highest BCUT2D eigenvalue weighted by Gasteiger charge is 2.18. The van der Waals surface area contributed by atoms with E-state index in [1.807, 2.05) is 0 Å². The third kappa shape index (κ3) is 2.75. The Balaban J connectivity index is 2.24. The van der Waals surface area contributed by atoms with Gasteiger partial charge in [-0.15, -0.1) is 0 Å². The molecule has 3 aromatic carbocycles. The number of primary amides is 1. The van der Waals surface area contributed by atoms with Crippen LogP contribution >= 0.6 is 0 Å². The average molecular weight is 321 g/mol. The van der Waals surface area contributed by atoms with Crippen molar-refractivity contribution in [3.05, 3.63) is 66.2 Å². The van der Waals surface area contributed by atoms with Crippen LogP contribution in [-0.4, -0.2) is 21.2 Å². The molecule has 0 saturated heterocycles. The van der Waals surface area contributed by atoms with E-state index < -0.39 is 5.91 Å². The van der Waals surface area contributed by atoms with E-state index in [1.165, 1.54) is 24.3 Å². The van der Waals surface area contributed by atoms with Gasteiger partial charge >= 0.3 is 0 Å². The molecule has 1 amide bonds. The monoisotopic (exact) mass is 321 g/mol. The van der Waals surface area contributed by atoms with Crippen LogP contribution in [0, 0.1) is 0 Å². The van der Waals surface area contributed by atoms with E-state index in [-0.39, 0.29) is 22.8 Å². The minimum absolute atomic E-state index is 0.0774. The number of aromatic hydroxyl groups is 3. The number of hydrogen-bond acceptors (Lipinski definition) is 4. The Morgan fingerprint density at radius 3 is 1.71 bits per heavy atom. The second-order valence-corrected chi connectivity index (χ2v) is 5.34. The summed E-state index contributed by atoms with van der Waals surface area (Å²) in [6, 6.07) is 15.6. The number of rotatable bonds is 3. The molecule has 5 heteroatoms. The van der Waals surface area contributed by atoms with Crippen molar-refractivity contribution >= 4 is 5.91 Å². The van der Waals surface area contributed by atoms with Crippen LogP contribution < -0.4 is 5.73 Å². The quantitative estimate of drug-likeness (QED) is 0.594. The van der Waals surface area contributed by atoms with Gasteiger partial charge in [-0.3, -0.25) is 4.79 Å². The lowest BCUT2D eigenvalue weighted by Gasteiger charge is -2.14. The van der Waals surface area contributed by atoms with Crippen LogP contribution in [0.4, 0.5) is 0 Å². The molecule has 0 heterocycles. The van der Waals surface area contributed by atoms with Crippen molar-refractivity contribution in [2.75, 3.05) is 0 Å². The molecule has 0 atom stereocenters. The Kier molecular flexibility index (Phi) is 3.83. The summed E-state index contributed by atoms with van der Waals surface area (Å²) >= 11 is 0. The van der Waals surface area contributed by atoms with E-state index in [4.69, 9.17) is 5.73 Å². The van der Waals surface area contributed by atoms with Crippen LogP contribution in [0.1, 0.15) is 10.4 Å². The summed E-state index contributed by atoms with van der Waals surface area (Å²) in [6.45, 7) is 0. The van der Waals surface area contributed by atoms with Gasteiger partial charge in [0.25, 0.3) is 0 Å². The minimum Gasteiger partial charge on any atom is -0.508 e. The number of hydrogen-bond donors (Lipinski definition) is 4. The first-order valence-electron chi connectivity index (χ1n) is 7.22. The van der Waals surface area contributed by atoms with Crippen LogP contribution in [-0.2, 0) is 0 Å². The van der Waals surface area contributed by atoms with Crippen LogP contribution in [0.25, 0.3) is 22.3 Å². The summed E-state index contributed by atoms with van der Waals surface area (Å²) in [4.78, 5) is 11.7. The van der Waals surface area contributed by atoms with Crippen molar-refractivity contribution in [3.63, 3.8) is 0 Å². The van der Waals surface area contributed by atoms with Gasteiger partial charge in [-0.25, -0.2) is 0 Å². The fourth-order valence-electron chi connectivity index (χ4n) is 2.59. The van der Waals surface area contributed by atoms with Crippen molar-refractivity contribution in [3.8, 4) is 39.5 Å². The zero-order valence-electron chi connectivity index (χ0n) is 12.6. The zero-order valence-corrected chi connectivity index (χ0v) is 12.6. The number of phenols is 3. The van der Waals surface area contributed by atoms with Crippen molar-refractivity contribution in [1.82, 2.24) is 0 Å². The summed E-state index contributed by atoms with van der Waals surface area (Å²) in [7, 11) is 0. The smallest absolute Gasteiger partial charge is 0.249 e. The van der Waals surface area contributed by atoms with Crippen molar-refractivity contribution in [2.45, 2.75) is 0 Å². The molecular weight excluding hydrogens is 306 g/mol. The molecule has 0 fully saturated rings. The summed E-state index contributed by atoms with van der Waals surface area (Å²) in [5, 5.41) is 29.6. The second-order valence-electron chi connectivity index (χ2n) is 5.34. The van der Waals surface area contributed by atoms with E-state index in [1.54, 1.807) is 36.4 Å². The Morgan fingerprint density at radius 1 is 0.708 bits per heavy atom. The molecule has 0 aliphatic heterocycles. The molecule has 0 aliphatic rings. The minimum atomic E-state index is -0.661. The van der Waals surface area contributed by atoms with Crippen LogP contribution in [0.3, 0.4) is 0 Å². The van der Waals surface area contributed by atoms with Crippen LogP contribution in [0.15, 0.2) is 60.7 Å². The number of carbonyl (C=O) groups excluding carboxylic acids is 1. The highest BCUT2D eigenvalue weighted by atomic mass is 16.3. The Labute approximate surface area is 138 Å². The molecule has 0 unspecified atom stereocenters. The molecule has 3 rings (SSSR count). The van der Waals surface area contributed by atoms with E-state index in [2.05, 4.69) is 0 Å². The number of phenolic OH excluding ortho intramolecular Hbond substituents is 3. The van der Waals surface area contributed by atoms with Crippen LogP contribution in [0.2, 0.25) is 0 Å². The van der Waals surface area contributed by atoms with Gasteiger partial charge < -0.3 is 21.1 Å². The molecule has 0 aliphatic carbocycles. The maximum absolute atomic E-state index is 11.7. The lowest BCUT2D eigenvalue weighted by Crippen LogP contribution is -2.12. The first-order valence-corrected chi connectivity index (χ1v) is 7.22. The van der Waals surface area contributed by atoms with Gasteiger partial charge in [-0.1, -0.05) is 24.3 Å². The van der Waals surface area contributed by atoms with Gasteiger partial charge in [0.05, 0.1) is 5.56 Å². The molecule has 0 saturated carbocycles. The van der Waals surface area contributed by atoms with E-state index in [9.17, 15) is 20.1 Å². The van der Waals surface area contributed by atoms with Gasteiger partial charge in [0.1, 0.15) is 17.2 Å². The number of benzene rings is 3. The van der Waals surface area contributed by atoms with Gasteiger partial charge in [0, 0.05) is 11.1 Å². The Hall–Kier alpha value is -3.47. The summed E-state index contributed by atoms with van der Waals surface area (Å²) in [6.07, 6.45) is 0.